The summed E-state index contributed by atoms with van der Waals surface area (Å²) in [6.07, 6.45) is 2.06. The van der Waals surface area contributed by atoms with Crippen LogP contribution in [0.2, 0.25) is 0 Å². The molecular weight excluding hydrogens is 248 g/mol. The van der Waals surface area contributed by atoms with Crippen LogP contribution in [0.25, 0.3) is 0 Å². The van der Waals surface area contributed by atoms with E-state index in [4.69, 9.17) is 0 Å². The smallest absolute Gasteiger partial charge is 0.0978 e. The molecule has 20 heavy (non-hydrogen) atoms. The first-order chi connectivity index (χ1) is 9.72. The number of nitriles is 1. The highest BCUT2D eigenvalue weighted by Crippen LogP contribution is 2.12. The van der Waals surface area contributed by atoms with Crippen molar-refractivity contribution in [3.8, 4) is 6.07 Å². The van der Waals surface area contributed by atoms with Crippen LogP contribution in [-0.4, -0.2) is 47.0 Å². The van der Waals surface area contributed by atoms with Crippen molar-refractivity contribution in [3.63, 3.8) is 0 Å². The Kier molecular flexibility index (Phi) is 5.51. The molecule has 0 saturated carbocycles. The molecule has 0 amide bonds. The van der Waals surface area contributed by atoms with Crippen molar-refractivity contribution in [2.24, 2.45) is 0 Å². The fraction of sp³-hybridized carbons (Fsp3) is 0.625. The monoisotopic (exact) mass is 272 g/mol. The molecule has 0 bridgehead atoms. The maximum absolute atomic E-state index is 9.23. The average Bonchev–Trinajstić information content (AvgIpc) is 2.46. The van der Waals surface area contributed by atoms with Gasteiger partial charge in [0.2, 0.25) is 0 Å². The predicted molar refractivity (Wildman–Crippen MR) is 80.1 cm³/mol. The molecule has 0 aliphatic carbocycles. The zero-order chi connectivity index (χ0) is 14.4. The molecule has 2 rings (SSSR count). The normalized spacial score (nSPS) is 18.6. The van der Waals surface area contributed by atoms with Crippen LogP contribution in [-0.2, 0) is 6.54 Å². The first-order valence-corrected chi connectivity index (χ1v) is 7.51. The number of piperazine rings is 1. The molecule has 1 fully saturated rings. The molecule has 1 aliphatic heterocycles. The van der Waals surface area contributed by atoms with E-state index in [0.717, 1.165) is 57.0 Å². The Morgan fingerprint density at radius 3 is 2.65 bits per heavy atom. The summed E-state index contributed by atoms with van der Waals surface area (Å²) in [5.41, 5.74) is 2.22. The summed E-state index contributed by atoms with van der Waals surface area (Å²) in [5, 5.41) is 9.23. The maximum atomic E-state index is 9.23. The van der Waals surface area contributed by atoms with Crippen LogP contribution in [0.15, 0.2) is 18.2 Å². The number of hydrogen-bond acceptors (Lipinski definition) is 4. The molecule has 4 nitrogen and oxygen atoms in total. The van der Waals surface area contributed by atoms with Gasteiger partial charge in [0.05, 0.1) is 17.8 Å². The van der Waals surface area contributed by atoms with E-state index in [1.54, 1.807) is 0 Å². The molecule has 1 aromatic heterocycles. The third-order valence-corrected chi connectivity index (χ3v) is 3.89. The molecule has 2 heterocycles. The van der Waals surface area contributed by atoms with E-state index in [2.05, 4.69) is 39.9 Å². The number of aryl methyl sites for hydroxylation is 1. The highest BCUT2D eigenvalue weighted by molar-refractivity contribution is 5.10. The Morgan fingerprint density at radius 1 is 1.30 bits per heavy atom. The van der Waals surface area contributed by atoms with Gasteiger partial charge in [-0.15, -0.1) is 0 Å². The summed E-state index contributed by atoms with van der Waals surface area (Å²) in [6, 6.07) is 8.73. The van der Waals surface area contributed by atoms with Gasteiger partial charge in [-0.25, -0.2) is 0 Å². The first-order valence-electron chi connectivity index (χ1n) is 7.51. The summed E-state index contributed by atoms with van der Waals surface area (Å²) in [6.45, 7) is 9.12. The fourth-order valence-electron chi connectivity index (χ4n) is 2.75. The van der Waals surface area contributed by atoms with Gasteiger partial charge in [0.25, 0.3) is 0 Å². The van der Waals surface area contributed by atoms with Crippen LogP contribution in [0.4, 0.5) is 0 Å². The van der Waals surface area contributed by atoms with Gasteiger partial charge in [-0.1, -0.05) is 19.4 Å². The minimum atomic E-state index is 0.0965. The van der Waals surface area contributed by atoms with Gasteiger partial charge in [-0.3, -0.25) is 14.8 Å². The molecule has 0 N–H and O–H groups in total. The van der Waals surface area contributed by atoms with E-state index < -0.39 is 0 Å². The second kappa shape index (κ2) is 7.37. The van der Waals surface area contributed by atoms with Crippen molar-refractivity contribution >= 4 is 0 Å². The Morgan fingerprint density at radius 2 is 2.05 bits per heavy atom. The molecule has 0 spiro atoms. The molecule has 1 atom stereocenters. The van der Waals surface area contributed by atoms with Gasteiger partial charge in [0, 0.05) is 38.4 Å². The SMILES string of the molecule is CCCC(C#N)N1CCN(Cc2cccc(C)n2)CC1. The Balaban J connectivity index is 1.84. The Hall–Kier alpha value is -1.44. The predicted octanol–water partition coefficient (Wildman–Crippen LogP) is 2.20. The molecule has 108 valence electrons. The van der Waals surface area contributed by atoms with Crippen molar-refractivity contribution in [1.82, 2.24) is 14.8 Å². The van der Waals surface area contributed by atoms with Crippen LogP contribution in [0, 0.1) is 18.3 Å². The van der Waals surface area contributed by atoms with Gasteiger partial charge in [0.15, 0.2) is 0 Å². The topological polar surface area (TPSA) is 43.2 Å². The highest BCUT2D eigenvalue weighted by atomic mass is 15.3. The van der Waals surface area contributed by atoms with Gasteiger partial charge in [-0.05, 0) is 25.5 Å². The molecule has 1 aliphatic rings. The zero-order valence-corrected chi connectivity index (χ0v) is 12.5. The maximum Gasteiger partial charge on any atom is 0.0978 e. The zero-order valence-electron chi connectivity index (χ0n) is 12.5. The minimum absolute atomic E-state index is 0.0965. The first kappa shape index (κ1) is 15.0. The van der Waals surface area contributed by atoms with Crippen LogP contribution < -0.4 is 0 Å². The summed E-state index contributed by atoms with van der Waals surface area (Å²) < 4.78 is 0. The van der Waals surface area contributed by atoms with E-state index in [0.29, 0.717) is 0 Å². The van der Waals surface area contributed by atoms with Crippen LogP contribution in [0.3, 0.4) is 0 Å². The molecular formula is C16H24N4. The van der Waals surface area contributed by atoms with Crippen molar-refractivity contribution in [2.45, 2.75) is 39.3 Å². The van der Waals surface area contributed by atoms with E-state index in [9.17, 15) is 5.26 Å². The lowest BCUT2D eigenvalue weighted by molar-refractivity contribution is 0.105. The second-order valence-electron chi connectivity index (χ2n) is 5.52. The fourth-order valence-corrected chi connectivity index (χ4v) is 2.75. The van der Waals surface area contributed by atoms with Crippen LogP contribution >= 0.6 is 0 Å². The van der Waals surface area contributed by atoms with E-state index in [1.807, 2.05) is 13.0 Å². The van der Waals surface area contributed by atoms with E-state index in [-0.39, 0.29) is 6.04 Å². The summed E-state index contributed by atoms with van der Waals surface area (Å²) in [7, 11) is 0. The number of rotatable bonds is 5. The summed E-state index contributed by atoms with van der Waals surface area (Å²) in [5.74, 6) is 0. The molecule has 4 heteroatoms. The van der Waals surface area contributed by atoms with Crippen molar-refractivity contribution < 1.29 is 0 Å². The third kappa shape index (κ3) is 4.03. The third-order valence-electron chi connectivity index (χ3n) is 3.89. The standard InChI is InChI=1S/C16H24N4/c1-3-5-16(12-17)20-10-8-19(9-11-20)13-15-7-4-6-14(2)18-15/h4,6-7,16H,3,5,8-11,13H2,1-2H3. The molecule has 1 saturated heterocycles. The van der Waals surface area contributed by atoms with Gasteiger partial charge in [-0.2, -0.15) is 5.26 Å². The quantitative estimate of drug-likeness (QED) is 0.824. The van der Waals surface area contributed by atoms with Crippen LogP contribution in [0.1, 0.15) is 31.2 Å². The number of pyridine rings is 1. The summed E-state index contributed by atoms with van der Waals surface area (Å²) in [4.78, 5) is 9.31. The largest absolute Gasteiger partial charge is 0.295 e. The highest BCUT2D eigenvalue weighted by Gasteiger charge is 2.23. The van der Waals surface area contributed by atoms with Crippen molar-refractivity contribution in [2.75, 3.05) is 26.2 Å². The molecule has 1 unspecified atom stereocenters. The van der Waals surface area contributed by atoms with Crippen molar-refractivity contribution in [1.29, 1.82) is 5.26 Å². The number of hydrogen-bond donors (Lipinski definition) is 0. The van der Waals surface area contributed by atoms with E-state index in [1.165, 1.54) is 0 Å². The second-order valence-corrected chi connectivity index (χ2v) is 5.52. The lowest BCUT2D eigenvalue weighted by atomic mass is 10.1. The number of aromatic nitrogens is 1. The van der Waals surface area contributed by atoms with Crippen molar-refractivity contribution in [3.05, 3.63) is 29.6 Å². The molecule has 0 radical (unpaired) electrons. The average molecular weight is 272 g/mol. The lowest BCUT2D eigenvalue weighted by Gasteiger charge is -2.36. The number of nitrogens with zero attached hydrogens (tertiary/aromatic N) is 4. The lowest BCUT2D eigenvalue weighted by Crippen LogP contribution is -2.49. The van der Waals surface area contributed by atoms with E-state index >= 15 is 0 Å². The molecule has 1 aromatic rings. The van der Waals surface area contributed by atoms with Gasteiger partial charge >= 0.3 is 0 Å². The van der Waals surface area contributed by atoms with Crippen LogP contribution in [0.5, 0.6) is 0 Å². The van der Waals surface area contributed by atoms with Gasteiger partial charge in [0.1, 0.15) is 0 Å². The Labute approximate surface area is 122 Å². The Bertz CT molecular complexity index is 458. The minimum Gasteiger partial charge on any atom is -0.295 e. The molecule has 0 aromatic carbocycles. The van der Waals surface area contributed by atoms with Gasteiger partial charge < -0.3 is 0 Å². The summed E-state index contributed by atoms with van der Waals surface area (Å²) >= 11 is 0.